The van der Waals surface area contributed by atoms with Crippen LogP contribution in [0, 0.1) is 0 Å². The van der Waals surface area contributed by atoms with Crippen LogP contribution in [0.25, 0.3) is 0 Å². The van der Waals surface area contributed by atoms with Gasteiger partial charge in [-0.1, -0.05) is 13.0 Å². The molecule has 1 atom stereocenters. The maximum absolute atomic E-state index is 13.7. The van der Waals surface area contributed by atoms with Crippen LogP contribution in [0.4, 0.5) is 18.9 Å². The van der Waals surface area contributed by atoms with Gasteiger partial charge in [-0.2, -0.15) is 13.2 Å². The van der Waals surface area contributed by atoms with Gasteiger partial charge in [-0.3, -0.25) is 4.79 Å². The number of halogens is 3. The molecule has 0 radical (unpaired) electrons. The molecular weight excluding hydrogens is 435 g/mol. The van der Waals surface area contributed by atoms with Crippen molar-refractivity contribution in [2.24, 2.45) is 0 Å². The predicted molar refractivity (Wildman–Crippen MR) is 118 cm³/mol. The summed E-state index contributed by atoms with van der Waals surface area (Å²) in [6.07, 6.45) is -3.23. The van der Waals surface area contributed by atoms with Crippen LogP contribution in [0.15, 0.2) is 35.4 Å². The summed E-state index contributed by atoms with van der Waals surface area (Å²) in [7, 11) is 0. The average molecular weight is 466 g/mol. The van der Waals surface area contributed by atoms with Gasteiger partial charge in [0.2, 0.25) is 0 Å². The standard InChI is InChI=1S/C24H30F3N3O3/c1-4-28-10-8-23(9-11-28)20(17(3)22(32)33-23)21(31)30-13-12-29(15-16(30)2)19-7-5-6-18(14-19)24(25,26)27/h5-7,14,16H,4,8-13,15H2,1-3H3. The van der Waals surface area contributed by atoms with Crippen LogP contribution >= 0.6 is 0 Å². The Morgan fingerprint density at radius 1 is 1.18 bits per heavy atom. The first-order chi connectivity index (χ1) is 15.6. The largest absolute Gasteiger partial charge is 0.450 e. The van der Waals surface area contributed by atoms with E-state index in [4.69, 9.17) is 4.74 Å². The molecule has 6 nitrogen and oxygen atoms in total. The summed E-state index contributed by atoms with van der Waals surface area (Å²) in [5.74, 6) is -0.627. The van der Waals surface area contributed by atoms with E-state index in [1.54, 1.807) is 17.9 Å². The number of hydrogen-bond donors (Lipinski definition) is 0. The Kier molecular flexibility index (Phi) is 6.20. The Morgan fingerprint density at radius 3 is 2.48 bits per heavy atom. The molecule has 3 aliphatic heterocycles. The van der Waals surface area contributed by atoms with E-state index in [9.17, 15) is 22.8 Å². The lowest BCUT2D eigenvalue weighted by atomic mass is 9.82. The molecule has 4 rings (SSSR count). The zero-order valence-corrected chi connectivity index (χ0v) is 19.2. The van der Waals surface area contributed by atoms with Gasteiger partial charge in [0.15, 0.2) is 0 Å². The quantitative estimate of drug-likeness (QED) is 0.640. The zero-order chi connectivity index (χ0) is 24.0. The molecule has 0 N–H and O–H groups in total. The second kappa shape index (κ2) is 8.66. The van der Waals surface area contributed by atoms with Gasteiger partial charge in [0.25, 0.3) is 5.91 Å². The Balaban J connectivity index is 1.51. The average Bonchev–Trinajstić information content (AvgIpc) is 3.02. The molecule has 9 heteroatoms. The number of likely N-dealkylation sites (tertiary alicyclic amines) is 1. The molecule has 2 fully saturated rings. The number of carbonyl (C=O) groups is 2. The smallest absolute Gasteiger partial charge is 0.416 e. The minimum absolute atomic E-state index is 0.195. The van der Waals surface area contributed by atoms with Crippen LogP contribution in [0.5, 0.6) is 0 Å². The number of amides is 1. The number of hydrogen-bond acceptors (Lipinski definition) is 5. The third kappa shape index (κ3) is 4.35. The number of alkyl halides is 3. The highest BCUT2D eigenvalue weighted by molar-refractivity contribution is 6.07. The van der Waals surface area contributed by atoms with Crippen LogP contribution in [-0.2, 0) is 20.5 Å². The summed E-state index contributed by atoms with van der Waals surface area (Å²) in [6.45, 7) is 9.22. The van der Waals surface area contributed by atoms with Crippen LogP contribution in [0.3, 0.4) is 0 Å². The fourth-order valence-electron chi connectivity index (χ4n) is 5.20. The molecule has 0 bridgehead atoms. The van der Waals surface area contributed by atoms with Gasteiger partial charge in [0.1, 0.15) is 5.60 Å². The maximum Gasteiger partial charge on any atom is 0.416 e. The molecule has 180 valence electrons. The summed E-state index contributed by atoms with van der Waals surface area (Å²) in [5.41, 5.74) is -0.238. The second-order valence-corrected chi connectivity index (χ2v) is 9.16. The predicted octanol–water partition coefficient (Wildman–Crippen LogP) is 3.47. The number of esters is 1. The monoisotopic (exact) mass is 465 g/mol. The summed E-state index contributed by atoms with van der Waals surface area (Å²) in [6, 6.07) is 5.04. The lowest BCUT2D eigenvalue weighted by Gasteiger charge is -2.44. The molecule has 1 aromatic rings. The first-order valence-corrected chi connectivity index (χ1v) is 11.5. The minimum atomic E-state index is -4.40. The first kappa shape index (κ1) is 23.6. The molecule has 0 saturated carbocycles. The summed E-state index contributed by atoms with van der Waals surface area (Å²) >= 11 is 0. The van der Waals surface area contributed by atoms with Crippen molar-refractivity contribution in [2.75, 3.05) is 44.2 Å². The molecular formula is C24H30F3N3O3. The third-order valence-electron chi connectivity index (χ3n) is 7.18. The molecule has 2 saturated heterocycles. The summed E-state index contributed by atoms with van der Waals surface area (Å²) in [5, 5.41) is 0. The molecule has 3 heterocycles. The van der Waals surface area contributed by atoms with Crippen LogP contribution in [0.1, 0.15) is 39.2 Å². The molecule has 1 amide bonds. The van der Waals surface area contributed by atoms with E-state index >= 15 is 0 Å². The van der Waals surface area contributed by atoms with Gasteiger partial charge in [0, 0.05) is 62.9 Å². The number of piperidine rings is 1. The molecule has 0 aromatic heterocycles. The Bertz CT molecular complexity index is 967. The number of rotatable bonds is 3. The SMILES string of the molecule is CCN1CCC2(CC1)OC(=O)C(C)=C2C(=O)N1CCN(c2cccc(C(F)(F)F)c2)CC1C. The van der Waals surface area contributed by atoms with Gasteiger partial charge in [-0.25, -0.2) is 4.79 Å². The van der Waals surface area contributed by atoms with E-state index in [1.165, 1.54) is 6.07 Å². The minimum Gasteiger partial charge on any atom is -0.450 e. The summed E-state index contributed by atoms with van der Waals surface area (Å²) in [4.78, 5) is 32.0. The second-order valence-electron chi connectivity index (χ2n) is 9.16. The fourth-order valence-corrected chi connectivity index (χ4v) is 5.20. The lowest BCUT2D eigenvalue weighted by molar-refractivity contribution is -0.151. The molecule has 3 aliphatic rings. The molecule has 1 aromatic carbocycles. The van der Waals surface area contributed by atoms with Crippen molar-refractivity contribution in [2.45, 2.75) is 51.4 Å². The number of anilines is 1. The number of benzene rings is 1. The van der Waals surface area contributed by atoms with E-state index in [-0.39, 0.29) is 11.9 Å². The van der Waals surface area contributed by atoms with Gasteiger partial charge < -0.3 is 19.4 Å². The molecule has 0 aliphatic carbocycles. The number of ether oxygens (including phenoxy) is 1. The van der Waals surface area contributed by atoms with Crippen molar-refractivity contribution >= 4 is 17.6 Å². The first-order valence-electron chi connectivity index (χ1n) is 11.5. The van der Waals surface area contributed by atoms with E-state index < -0.39 is 23.3 Å². The van der Waals surface area contributed by atoms with Crippen LogP contribution < -0.4 is 4.90 Å². The van der Waals surface area contributed by atoms with E-state index in [0.717, 1.165) is 31.8 Å². The van der Waals surface area contributed by atoms with Crippen molar-refractivity contribution in [3.05, 3.63) is 41.0 Å². The van der Waals surface area contributed by atoms with E-state index in [1.807, 2.05) is 11.8 Å². The third-order valence-corrected chi connectivity index (χ3v) is 7.18. The van der Waals surface area contributed by atoms with Crippen molar-refractivity contribution in [3.8, 4) is 0 Å². The van der Waals surface area contributed by atoms with Gasteiger partial charge in [0.05, 0.1) is 11.1 Å². The maximum atomic E-state index is 13.7. The number of nitrogens with zero attached hydrogens (tertiary/aromatic N) is 3. The molecule has 33 heavy (non-hydrogen) atoms. The van der Waals surface area contributed by atoms with Gasteiger partial charge >= 0.3 is 12.1 Å². The van der Waals surface area contributed by atoms with Crippen LogP contribution in [-0.4, -0.2) is 72.6 Å². The topological polar surface area (TPSA) is 53.1 Å². The van der Waals surface area contributed by atoms with Gasteiger partial charge in [-0.15, -0.1) is 0 Å². The summed E-state index contributed by atoms with van der Waals surface area (Å²) < 4.78 is 45.2. The molecule has 1 unspecified atom stereocenters. The van der Waals surface area contributed by atoms with E-state index in [0.29, 0.717) is 49.3 Å². The van der Waals surface area contributed by atoms with Crippen molar-refractivity contribution in [3.63, 3.8) is 0 Å². The highest BCUT2D eigenvalue weighted by Gasteiger charge is 2.52. The highest BCUT2D eigenvalue weighted by atomic mass is 19.4. The van der Waals surface area contributed by atoms with Crippen LogP contribution in [0.2, 0.25) is 0 Å². The Hall–Kier alpha value is -2.55. The lowest BCUT2D eigenvalue weighted by Crippen LogP contribution is -2.57. The Labute approximate surface area is 192 Å². The van der Waals surface area contributed by atoms with E-state index in [2.05, 4.69) is 11.8 Å². The fraction of sp³-hybridized carbons (Fsp3) is 0.583. The normalized spacial score (nSPS) is 23.9. The Morgan fingerprint density at radius 2 is 1.88 bits per heavy atom. The number of piperazine rings is 1. The molecule has 1 spiro atoms. The van der Waals surface area contributed by atoms with Crippen molar-refractivity contribution < 1.29 is 27.5 Å². The highest BCUT2D eigenvalue weighted by Crippen LogP contribution is 2.42. The van der Waals surface area contributed by atoms with Gasteiger partial charge in [-0.05, 0) is 38.6 Å². The zero-order valence-electron chi connectivity index (χ0n) is 19.2. The van der Waals surface area contributed by atoms with Crippen molar-refractivity contribution in [1.82, 2.24) is 9.80 Å². The van der Waals surface area contributed by atoms with Crippen molar-refractivity contribution in [1.29, 1.82) is 0 Å². The number of carbonyl (C=O) groups excluding carboxylic acids is 2.